The first-order chi connectivity index (χ1) is 8.39. The fourth-order valence-corrected chi connectivity index (χ4v) is 2.12. The minimum atomic E-state index is -0.659. The molecule has 1 aromatic rings. The van der Waals surface area contributed by atoms with Crippen LogP contribution in [0.5, 0.6) is 0 Å². The molecule has 0 bridgehead atoms. The summed E-state index contributed by atoms with van der Waals surface area (Å²) in [5, 5.41) is 9.86. The molecule has 0 aliphatic carbocycles. The Morgan fingerprint density at radius 1 is 1.50 bits per heavy atom. The van der Waals surface area contributed by atoms with E-state index in [1.807, 2.05) is 6.92 Å². The number of nitrogen functional groups attached to an aromatic ring is 1. The molecule has 1 aliphatic heterocycles. The number of nitrogens with zero attached hydrogens (tertiary/aromatic N) is 2. The lowest BCUT2D eigenvalue weighted by atomic mass is 9.93. The lowest BCUT2D eigenvalue weighted by molar-refractivity contribution is -0.00199. The molecule has 1 aromatic heterocycles. The average molecular weight is 249 g/mol. The predicted molar refractivity (Wildman–Crippen MR) is 69.1 cm³/mol. The highest BCUT2D eigenvalue weighted by Crippen LogP contribution is 2.23. The molecule has 0 aromatic carbocycles. The Balaban J connectivity index is 2.13. The van der Waals surface area contributed by atoms with Crippen LogP contribution in [-0.2, 0) is 0 Å². The van der Waals surface area contributed by atoms with E-state index < -0.39 is 5.60 Å². The highest BCUT2D eigenvalue weighted by molar-refractivity contribution is 5.98. The molecule has 5 heteroatoms. The van der Waals surface area contributed by atoms with Crippen molar-refractivity contribution in [3.05, 3.63) is 23.5 Å². The molecule has 3 N–H and O–H groups in total. The van der Waals surface area contributed by atoms with E-state index >= 15 is 0 Å². The molecule has 0 spiro atoms. The smallest absolute Gasteiger partial charge is 0.257 e. The Bertz CT molecular complexity index is 461. The van der Waals surface area contributed by atoms with E-state index in [0.29, 0.717) is 37.2 Å². The number of piperidine rings is 1. The van der Waals surface area contributed by atoms with Crippen LogP contribution in [0.15, 0.2) is 12.3 Å². The zero-order chi connectivity index (χ0) is 13.3. The third kappa shape index (κ3) is 2.61. The van der Waals surface area contributed by atoms with E-state index in [0.717, 1.165) is 5.69 Å². The molecular weight excluding hydrogens is 230 g/mol. The van der Waals surface area contributed by atoms with Gasteiger partial charge in [0.25, 0.3) is 5.91 Å². The molecule has 2 rings (SSSR count). The molecule has 1 fully saturated rings. The molecule has 98 valence electrons. The van der Waals surface area contributed by atoms with Gasteiger partial charge in [-0.1, -0.05) is 0 Å². The first-order valence-corrected chi connectivity index (χ1v) is 6.13. The number of hydrogen-bond donors (Lipinski definition) is 2. The van der Waals surface area contributed by atoms with E-state index in [1.54, 1.807) is 17.9 Å². The number of likely N-dealkylation sites (tertiary alicyclic amines) is 1. The van der Waals surface area contributed by atoms with Crippen LogP contribution in [0.2, 0.25) is 0 Å². The molecule has 5 nitrogen and oxygen atoms in total. The number of hydrogen-bond acceptors (Lipinski definition) is 4. The zero-order valence-corrected chi connectivity index (χ0v) is 10.8. The number of carbonyl (C=O) groups excluding carboxylic acids is 1. The normalized spacial score (nSPS) is 18.7. The van der Waals surface area contributed by atoms with Gasteiger partial charge in [-0.3, -0.25) is 9.78 Å². The topological polar surface area (TPSA) is 79.5 Å². The van der Waals surface area contributed by atoms with Gasteiger partial charge in [-0.15, -0.1) is 0 Å². The maximum absolute atomic E-state index is 12.3. The second-order valence-corrected chi connectivity index (χ2v) is 5.20. The molecule has 18 heavy (non-hydrogen) atoms. The van der Waals surface area contributed by atoms with Gasteiger partial charge in [0, 0.05) is 30.7 Å². The van der Waals surface area contributed by atoms with E-state index in [2.05, 4.69) is 4.98 Å². The van der Waals surface area contributed by atoms with Crippen molar-refractivity contribution in [3.8, 4) is 0 Å². The minimum absolute atomic E-state index is 0.101. The van der Waals surface area contributed by atoms with Gasteiger partial charge in [-0.2, -0.15) is 0 Å². The van der Waals surface area contributed by atoms with Crippen LogP contribution in [0.4, 0.5) is 5.69 Å². The summed E-state index contributed by atoms with van der Waals surface area (Å²) in [6.07, 6.45) is 2.72. The number of carbonyl (C=O) groups is 1. The van der Waals surface area contributed by atoms with Gasteiger partial charge in [0.15, 0.2) is 0 Å². The number of amides is 1. The van der Waals surface area contributed by atoms with E-state index in [-0.39, 0.29) is 5.91 Å². The lowest BCUT2D eigenvalue weighted by Gasteiger charge is -2.35. The van der Waals surface area contributed by atoms with Crippen LogP contribution in [0.1, 0.15) is 35.8 Å². The Kier molecular flexibility index (Phi) is 3.26. The van der Waals surface area contributed by atoms with Crippen LogP contribution >= 0.6 is 0 Å². The number of aliphatic hydroxyl groups is 1. The summed E-state index contributed by atoms with van der Waals surface area (Å²) in [6.45, 7) is 4.75. The number of aryl methyl sites for hydroxylation is 1. The highest BCUT2D eigenvalue weighted by atomic mass is 16.3. The summed E-state index contributed by atoms with van der Waals surface area (Å²) >= 11 is 0. The van der Waals surface area contributed by atoms with Gasteiger partial charge in [0.05, 0.1) is 11.2 Å². The van der Waals surface area contributed by atoms with Crippen molar-refractivity contribution in [2.75, 3.05) is 18.8 Å². The molecule has 1 saturated heterocycles. The number of nitrogens with two attached hydrogens (primary N) is 1. The first-order valence-electron chi connectivity index (χ1n) is 6.13. The van der Waals surface area contributed by atoms with E-state index in [4.69, 9.17) is 5.73 Å². The Hall–Kier alpha value is -1.62. The standard InChI is InChI=1S/C13H19N3O2/c1-9-7-11(14)10(8-15-9)12(17)16-5-3-13(2,18)4-6-16/h7-8,18H,3-6H2,1-2H3,(H2,14,15). The van der Waals surface area contributed by atoms with Gasteiger partial charge in [-0.25, -0.2) is 0 Å². The summed E-state index contributed by atoms with van der Waals surface area (Å²) in [5.74, 6) is -0.101. The molecule has 0 saturated carbocycles. The fourth-order valence-electron chi connectivity index (χ4n) is 2.12. The van der Waals surface area contributed by atoms with Crippen molar-refractivity contribution in [3.63, 3.8) is 0 Å². The third-order valence-electron chi connectivity index (χ3n) is 3.43. The monoisotopic (exact) mass is 249 g/mol. The number of anilines is 1. The van der Waals surface area contributed by atoms with Crippen LogP contribution < -0.4 is 5.73 Å². The highest BCUT2D eigenvalue weighted by Gasteiger charge is 2.30. The second kappa shape index (κ2) is 4.57. The van der Waals surface area contributed by atoms with Crippen molar-refractivity contribution in [1.82, 2.24) is 9.88 Å². The Labute approximate surface area is 107 Å². The zero-order valence-electron chi connectivity index (χ0n) is 10.8. The van der Waals surface area contributed by atoms with Crippen LogP contribution in [0.25, 0.3) is 0 Å². The Morgan fingerprint density at radius 2 is 2.11 bits per heavy atom. The summed E-state index contributed by atoms with van der Waals surface area (Å²) in [5.41, 5.74) is 6.89. The minimum Gasteiger partial charge on any atom is -0.398 e. The van der Waals surface area contributed by atoms with Crippen molar-refractivity contribution in [2.45, 2.75) is 32.3 Å². The molecule has 1 amide bonds. The molecule has 0 atom stereocenters. The largest absolute Gasteiger partial charge is 0.398 e. The van der Waals surface area contributed by atoms with Gasteiger partial charge in [-0.05, 0) is 32.8 Å². The van der Waals surface area contributed by atoms with Crippen LogP contribution in [-0.4, -0.2) is 39.6 Å². The molecule has 0 unspecified atom stereocenters. The first kappa shape index (κ1) is 12.8. The van der Waals surface area contributed by atoms with Crippen molar-refractivity contribution in [2.24, 2.45) is 0 Å². The summed E-state index contributed by atoms with van der Waals surface area (Å²) in [6, 6.07) is 1.70. The van der Waals surface area contributed by atoms with Crippen molar-refractivity contribution < 1.29 is 9.90 Å². The van der Waals surface area contributed by atoms with Gasteiger partial charge in [0.2, 0.25) is 0 Å². The van der Waals surface area contributed by atoms with Crippen LogP contribution in [0.3, 0.4) is 0 Å². The fraction of sp³-hybridized carbons (Fsp3) is 0.538. The number of rotatable bonds is 1. The van der Waals surface area contributed by atoms with Gasteiger partial charge in [0.1, 0.15) is 0 Å². The Morgan fingerprint density at radius 3 is 2.67 bits per heavy atom. The molecule has 0 radical (unpaired) electrons. The van der Waals surface area contributed by atoms with Gasteiger partial charge < -0.3 is 15.7 Å². The molecule has 2 heterocycles. The number of pyridine rings is 1. The summed E-state index contributed by atoms with van der Waals surface area (Å²) in [7, 11) is 0. The quantitative estimate of drug-likeness (QED) is 0.777. The third-order valence-corrected chi connectivity index (χ3v) is 3.43. The van der Waals surface area contributed by atoms with Crippen molar-refractivity contribution in [1.29, 1.82) is 0 Å². The van der Waals surface area contributed by atoms with Crippen molar-refractivity contribution >= 4 is 11.6 Å². The SMILES string of the molecule is Cc1cc(N)c(C(=O)N2CCC(C)(O)CC2)cn1. The summed E-state index contributed by atoms with van der Waals surface area (Å²) < 4.78 is 0. The maximum Gasteiger partial charge on any atom is 0.257 e. The number of aromatic nitrogens is 1. The summed E-state index contributed by atoms with van der Waals surface area (Å²) in [4.78, 5) is 18.1. The second-order valence-electron chi connectivity index (χ2n) is 5.20. The molecule has 1 aliphatic rings. The lowest BCUT2D eigenvalue weighted by Crippen LogP contribution is -2.45. The molecular formula is C13H19N3O2. The van der Waals surface area contributed by atoms with E-state index in [9.17, 15) is 9.90 Å². The van der Waals surface area contributed by atoms with Gasteiger partial charge >= 0.3 is 0 Å². The predicted octanol–water partition coefficient (Wildman–Crippen LogP) is 0.959. The van der Waals surface area contributed by atoms with Crippen LogP contribution in [0, 0.1) is 6.92 Å². The van der Waals surface area contributed by atoms with E-state index in [1.165, 1.54) is 6.20 Å². The average Bonchev–Trinajstić information content (AvgIpc) is 2.28. The maximum atomic E-state index is 12.3.